The summed E-state index contributed by atoms with van der Waals surface area (Å²) in [6.07, 6.45) is 0.987. The fourth-order valence-electron chi connectivity index (χ4n) is 1.36. The summed E-state index contributed by atoms with van der Waals surface area (Å²) in [7, 11) is 1.39. The summed E-state index contributed by atoms with van der Waals surface area (Å²) in [4.78, 5) is 12.1. The van der Waals surface area contributed by atoms with Gasteiger partial charge in [0.1, 0.15) is 0 Å². The van der Waals surface area contributed by atoms with E-state index in [1.54, 1.807) is 11.3 Å². The maximum Gasteiger partial charge on any atom is 0.305 e. The number of nitrogens with two attached hydrogens (primary N) is 1. The van der Waals surface area contributed by atoms with Gasteiger partial charge in [-0.2, -0.15) is 0 Å². The molecule has 0 aromatic carbocycles. The van der Waals surface area contributed by atoms with Gasteiger partial charge in [-0.25, -0.2) is 0 Å². The van der Waals surface area contributed by atoms with Crippen LogP contribution in [0.1, 0.15) is 29.3 Å². The van der Waals surface area contributed by atoms with Crippen molar-refractivity contribution in [1.29, 1.82) is 0 Å². The number of carbonyl (C=O) groups excluding carboxylic acids is 1. The van der Waals surface area contributed by atoms with Crippen LogP contribution in [0.15, 0.2) is 9.85 Å². The zero-order valence-corrected chi connectivity index (χ0v) is 11.2. The number of thiophene rings is 1. The van der Waals surface area contributed by atoms with Gasteiger partial charge < -0.3 is 10.5 Å². The smallest absolute Gasteiger partial charge is 0.305 e. The zero-order chi connectivity index (χ0) is 11.4. The molecular weight excluding hydrogens is 278 g/mol. The van der Waals surface area contributed by atoms with Crippen LogP contribution in [0.4, 0.5) is 0 Å². The third kappa shape index (κ3) is 3.59. The van der Waals surface area contributed by atoms with E-state index in [1.165, 1.54) is 12.0 Å². The Morgan fingerprint density at radius 2 is 2.40 bits per heavy atom. The minimum absolute atomic E-state index is 0.0911. The zero-order valence-electron chi connectivity index (χ0n) is 8.75. The molecule has 3 nitrogen and oxygen atoms in total. The molecule has 0 aliphatic carbocycles. The topological polar surface area (TPSA) is 52.3 Å². The van der Waals surface area contributed by atoms with Gasteiger partial charge >= 0.3 is 5.97 Å². The maximum absolute atomic E-state index is 11.0. The Hall–Kier alpha value is -0.390. The number of esters is 1. The molecule has 0 amide bonds. The molecule has 0 saturated carbocycles. The van der Waals surface area contributed by atoms with Crippen molar-refractivity contribution in [3.8, 4) is 0 Å². The van der Waals surface area contributed by atoms with Gasteiger partial charge in [-0.1, -0.05) is 0 Å². The highest BCUT2D eigenvalue weighted by molar-refractivity contribution is 9.11. The van der Waals surface area contributed by atoms with Crippen molar-refractivity contribution in [2.45, 2.75) is 25.8 Å². The minimum atomic E-state index is -0.211. The van der Waals surface area contributed by atoms with Gasteiger partial charge in [0, 0.05) is 17.3 Å². The van der Waals surface area contributed by atoms with Gasteiger partial charge in [0.2, 0.25) is 0 Å². The Kier molecular flexibility index (Phi) is 4.76. The van der Waals surface area contributed by atoms with Gasteiger partial charge in [-0.3, -0.25) is 4.79 Å². The largest absolute Gasteiger partial charge is 0.469 e. The molecule has 15 heavy (non-hydrogen) atoms. The highest BCUT2D eigenvalue weighted by Gasteiger charge is 2.13. The molecule has 0 radical (unpaired) electrons. The van der Waals surface area contributed by atoms with Crippen LogP contribution in [0.25, 0.3) is 0 Å². The molecule has 5 heteroatoms. The first kappa shape index (κ1) is 12.7. The van der Waals surface area contributed by atoms with Crippen LogP contribution in [0.2, 0.25) is 0 Å². The molecular formula is C10H14BrNO2S. The van der Waals surface area contributed by atoms with Gasteiger partial charge in [0.25, 0.3) is 0 Å². The van der Waals surface area contributed by atoms with E-state index in [-0.39, 0.29) is 12.0 Å². The van der Waals surface area contributed by atoms with E-state index in [4.69, 9.17) is 5.73 Å². The number of ether oxygens (including phenoxy) is 1. The van der Waals surface area contributed by atoms with E-state index in [0.717, 1.165) is 9.35 Å². The molecule has 0 saturated heterocycles. The third-order valence-corrected chi connectivity index (χ3v) is 3.78. The Balaban J connectivity index is 2.57. The molecule has 1 aromatic rings. The minimum Gasteiger partial charge on any atom is -0.469 e. The summed E-state index contributed by atoms with van der Waals surface area (Å²) in [5.74, 6) is -0.211. The monoisotopic (exact) mass is 291 g/mol. The fourth-order valence-corrected chi connectivity index (χ4v) is 3.14. The van der Waals surface area contributed by atoms with Gasteiger partial charge in [-0.15, -0.1) is 11.3 Å². The van der Waals surface area contributed by atoms with E-state index >= 15 is 0 Å². The molecule has 1 atom stereocenters. The first-order chi connectivity index (χ1) is 7.04. The molecule has 0 fully saturated rings. The Bertz CT molecular complexity index is 351. The van der Waals surface area contributed by atoms with Crippen molar-refractivity contribution in [3.05, 3.63) is 20.3 Å². The average Bonchev–Trinajstić information content (AvgIpc) is 2.53. The standard InChI is InChI=1S/C10H14BrNO2S/c1-6-7(5-9(11)15-6)8(12)3-4-10(13)14-2/h5,8H,3-4,12H2,1-2H3. The van der Waals surface area contributed by atoms with Gasteiger partial charge in [-0.05, 0) is 40.9 Å². The van der Waals surface area contributed by atoms with Crippen molar-refractivity contribution in [2.75, 3.05) is 7.11 Å². The highest BCUT2D eigenvalue weighted by atomic mass is 79.9. The highest BCUT2D eigenvalue weighted by Crippen LogP contribution is 2.31. The molecule has 0 spiro atoms. The first-order valence-electron chi connectivity index (χ1n) is 4.62. The first-order valence-corrected chi connectivity index (χ1v) is 6.23. The van der Waals surface area contributed by atoms with Crippen LogP contribution in [-0.4, -0.2) is 13.1 Å². The second kappa shape index (κ2) is 5.63. The quantitative estimate of drug-likeness (QED) is 0.868. The summed E-state index contributed by atoms with van der Waals surface area (Å²) >= 11 is 5.07. The van der Waals surface area contributed by atoms with Crippen LogP contribution < -0.4 is 5.73 Å². The summed E-state index contributed by atoms with van der Waals surface area (Å²) < 4.78 is 5.64. The van der Waals surface area contributed by atoms with Crippen LogP contribution in [-0.2, 0) is 9.53 Å². The molecule has 84 valence electrons. The lowest BCUT2D eigenvalue weighted by Crippen LogP contribution is -2.13. The molecule has 0 aliphatic rings. The SMILES string of the molecule is COC(=O)CCC(N)c1cc(Br)sc1C. The Labute approximate surface area is 102 Å². The normalized spacial score (nSPS) is 12.5. The van der Waals surface area contributed by atoms with Gasteiger partial charge in [0.15, 0.2) is 0 Å². The maximum atomic E-state index is 11.0. The fraction of sp³-hybridized carbons (Fsp3) is 0.500. The van der Waals surface area contributed by atoms with E-state index < -0.39 is 0 Å². The molecule has 1 heterocycles. The second-order valence-electron chi connectivity index (χ2n) is 3.28. The van der Waals surface area contributed by atoms with Crippen molar-refractivity contribution in [2.24, 2.45) is 5.73 Å². The molecule has 0 bridgehead atoms. The second-order valence-corrected chi connectivity index (χ2v) is 5.92. The number of halogens is 1. The van der Waals surface area contributed by atoms with E-state index in [0.29, 0.717) is 12.8 Å². The van der Waals surface area contributed by atoms with Crippen molar-refractivity contribution < 1.29 is 9.53 Å². The van der Waals surface area contributed by atoms with Crippen LogP contribution in [0.5, 0.6) is 0 Å². The third-order valence-electron chi connectivity index (χ3n) is 2.21. The number of hydrogen-bond donors (Lipinski definition) is 1. The van der Waals surface area contributed by atoms with Gasteiger partial charge in [0.05, 0.1) is 10.9 Å². The lowest BCUT2D eigenvalue weighted by Gasteiger charge is -2.10. The predicted octanol–water partition coefficient (Wildman–Crippen LogP) is 2.77. The van der Waals surface area contributed by atoms with Crippen LogP contribution >= 0.6 is 27.3 Å². The lowest BCUT2D eigenvalue weighted by molar-refractivity contribution is -0.140. The van der Waals surface area contributed by atoms with Crippen molar-refractivity contribution >= 4 is 33.2 Å². The summed E-state index contributed by atoms with van der Waals surface area (Å²) in [5, 5.41) is 0. The molecule has 1 rings (SSSR count). The number of rotatable bonds is 4. The summed E-state index contributed by atoms with van der Waals surface area (Å²) in [5.41, 5.74) is 7.10. The predicted molar refractivity (Wildman–Crippen MR) is 64.9 cm³/mol. The average molecular weight is 292 g/mol. The lowest BCUT2D eigenvalue weighted by atomic mass is 10.0. The number of hydrogen-bond acceptors (Lipinski definition) is 4. The summed E-state index contributed by atoms with van der Waals surface area (Å²) in [6.45, 7) is 2.03. The molecule has 2 N–H and O–H groups in total. The van der Waals surface area contributed by atoms with Crippen molar-refractivity contribution in [1.82, 2.24) is 0 Å². The van der Waals surface area contributed by atoms with Crippen molar-refractivity contribution in [3.63, 3.8) is 0 Å². The summed E-state index contributed by atoms with van der Waals surface area (Å²) in [6, 6.07) is 1.92. The van der Waals surface area contributed by atoms with E-state index in [9.17, 15) is 4.79 Å². The Morgan fingerprint density at radius 3 is 2.87 bits per heavy atom. The Morgan fingerprint density at radius 1 is 1.73 bits per heavy atom. The van der Waals surface area contributed by atoms with E-state index in [2.05, 4.69) is 20.7 Å². The van der Waals surface area contributed by atoms with Crippen LogP contribution in [0.3, 0.4) is 0 Å². The van der Waals surface area contributed by atoms with E-state index in [1.807, 2.05) is 13.0 Å². The molecule has 0 aliphatic heterocycles. The number of aryl methyl sites for hydroxylation is 1. The molecule has 1 unspecified atom stereocenters. The van der Waals surface area contributed by atoms with Crippen LogP contribution in [0, 0.1) is 6.92 Å². The molecule has 1 aromatic heterocycles. The number of methoxy groups -OCH3 is 1. The number of carbonyl (C=O) groups is 1.